The summed E-state index contributed by atoms with van der Waals surface area (Å²) in [4.78, 5) is 34.2. The van der Waals surface area contributed by atoms with Crippen LogP contribution in [-0.4, -0.2) is 137 Å². The third-order valence-electron chi connectivity index (χ3n) is 6.92. The van der Waals surface area contributed by atoms with Crippen LogP contribution in [0.2, 0.25) is 0 Å². The van der Waals surface area contributed by atoms with E-state index >= 15 is 0 Å². The largest absolute Gasteiger partial charge is 0.491 e. The van der Waals surface area contributed by atoms with Crippen molar-refractivity contribution in [2.45, 2.75) is 20.8 Å². The highest BCUT2D eigenvalue weighted by molar-refractivity contribution is 5.94. The lowest BCUT2D eigenvalue weighted by Crippen LogP contribution is -2.15. The molecule has 2 aromatic carbocycles. The Labute approximate surface area is 323 Å². The van der Waals surface area contributed by atoms with E-state index in [1.165, 1.54) is 0 Å². The van der Waals surface area contributed by atoms with Crippen LogP contribution in [0.25, 0.3) is 10.8 Å². The van der Waals surface area contributed by atoms with Crippen LogP contribution >= 0.6 is 0 Å². The number of fused-ring (bicyclic) bond motifs is 1. The fraction of sp³-hybridized carbons (Fsp3) is 0.525. The highest BCUT2D eigenvalue weighted by Gasteiger charge is 2.11. The second-order valence-electron chi connectivity index (χ2n) is 11.7. The molecule has 0 saturated carbocycles. The molecule has 2 aromatic rings. The maximum absolute atomic E-state index is 11.4. The van der Waals surface area contributed by atoms with Crippen LogP contribution in [0.15, 0.2) is 66.8 Å². The van der Waals surface area contributed by atoms with Crippen molar-refractivity contribution >= 4 is 28.7 Å². The molecule has 0 atom stereocenters. The van der Waals surface area contributed by atoms with Gasteiger partial charge in [-0.15, -0.1) is 0 Å². The van der Waals surface area contributed by atoms with Gasteiger partial charge in [0.25, 0.3) is 0 Å². The maximum atomic E-state index is 11.4. The lowest BCUT2D eigenvalue weighted by atomic mass is 10.1. The Kier molecular flexibility index (Phi) is 24.5. The van der Waals surface area contributed by atoms with Crippen molar-refractivity contribution in [3.63, 3.8) is 0 Å². The second kappa shape index (κ2) is 28.9. The number of hydrogen-bond donors (Lipinski definition) is 0. The molecular weight excluding hydrogens is 720 g/mol. The molecular formula is C40H56O15. The summed E-state index contributed by atoms with van der Waals surface area (Å²) in [6.07, 6.45) is 0. The van der Waals surface area contributed by atoms with Crippen molar-refractivity contribution < 1.29 is 71.2 Å². The molecule has 0 unspecified atom stereocenters. The minimum absolute atomic E-state index is 0.146. The summed E-state index contributed by atoms with van der Waals surface area (Å²) >= 11 is 0. The molecule has 306 valence electrons. The van der Waals surface area contributed by atoms with E-state index in [0.29, 0.717) is 107 Å². The predicted molar refractivity (Wildman–Crippen MR) is 203 cm³/mol. The monoisotopic (exact) mass is 776 g/mol. The van der Waals surface area contributed by atoms with Gasteiger partial charge >= 0.3 is 17.9 Å². The number of benzene rings is 2. The molecule has 15 heteroatoms. The van der Waals surface area contributed by atoms with E-state index < -0.39 is 17.9 Å². The smallest absolute Gasteiger partial charge is 0.333 e. The van der Waals surface area contributed by atoms with Gasteiger partial charge < -0.3 is 56.8 Å². The number of hydrogen-bond acceptors (Lipinski definition) is 15. The van der Waals surface area contributed by atoms with E-state index in [1.54, 1.807) is 20.8 Å². The van der Waals surface area contributed by atoms with Gasteiger partial charge in [0.05, 0.1) is 79.3 Å². The molecule has 0 amide bonds. The Morgan fingerprint density at radius 2 is 0.709 bits per heavy atom. The number of ether oxygens (including phenoxy) is 12. The van der Waals surface area contributed by atoms with E-state index in [1.807, 2.05) is 30.3 Å². The zero-order chi connectivity index (χ0) is 40.1. The summed E-state index contributed by atoms with van der Waals surface area (Å²) < 4.78 is 66.1. The van der Waals surface area contributed by atoms with Crippen LogP contribution in [0.1, 0.15) is 20.8 Å². The Hall–Kier alpha value is -4.51. The molecule has 0 aliphatic rings. The van der Waals surface area contributed by atoms with Crippen molar-refractivity contribution in [2.24, 2.45) is 0 Å². The zero-order valence-electron chi connectivity index (χ0n) is 32.4. The first kappa shape index (κ1) is 46.6. The normalized spacial score (nSPS) is 10.8. The first-order valence-electron chi connectivity index (χ1n) is 18.0. The summed E-state index contributed by atoms with van der Waals surface area (Å²) in [5.74, 6) is 0.552. The fourth-order valence-corrected chi connectivity index (χ4v) is 4.17. The van der Waals surface area contributed by atoms with Crippen molar-refractivity contribution in [3.05, 3.63) is 66.8 Å². The molecule has 0 radical (unpaired) electrons. The van der Waals surface area contributed by atoms with Crippen LogP contribution in [0.4, 0.5) is 0 Å². The van der Waals surface area contributed by atoms with Crippen LogP contribution in [0, 0.1) is 0 Å². The van der Waals surface area contributed by atoms with Crippen molar-refractivity contribution in [1.29, 1.82) is 0 Å². The average Bonchev–Trinajstić information content (AvgIpc) is 3.16. The molecule has 2 rings (SSSR count). The number of carbonyl (C=O) groups is 3. The minimum atomic E-state index is -0.447. The molecule has 0 N–H and O–H groups in total. The van der Waals surface area contributed by atoms with E-state index in [-0.39, 0.29) is 46.2 Å². The van der Waals surface area contributed by atoms with E-state index in [2.05, 4.69) is 19.7 Å². The minimum Gasteiger partial charge on any atom is -0.491 e. The Bertz CT molecular complexity index is 1490. The van der Waals surface area contributed by atoms with Gasteiger partial charge in [-0.1, -0.05) is 19.7 Å². The molecule has 0 bridgehead atoms. The highest BCUT2D eigenvalue weighted by Crippen LogP contribution is 2.36. The molecule has 0 heterocycles. The number of carbonyl (C=O) groups excluding carboxylic acids is 3. The first-order chi connectivity index (χ1) is 26.6. The Morgan fingerprint density at radius 3 is 1.07 bits per heavy atom. The summed E-state index contributed by atoms with van der Waals surface area (Å²) in [6.45, 7) is 20.6. The van der Waals surface area contributed by atoms with Gasteiger partial charge in [-0.25, -0.2) is 14.4 Å². The van der Waals surface area contributed by atoms with Crippen molar-refractivity contribution in [1.82, 2.24) is 0 Å². The van der Waals surface area contributed by atoms with Gasteiger partial charge in [-0.3, -0.25) is 0 Å². The van der Waals surface area contributed by atoms with Crippen LogP contribution in [-0.2, 0) is 57.0 Å². The molecule has 0 aliphatic carbocycles. The fourth-order valence-electron chi connectivity index (χ4n) is 4.17. The topological polar surface area (TPSA) is 162 Å². The molecule has 55 heavy (non-hydrogen) atoms. The van der Waals surface area contributed by atoms with Gasteiger partial charge in [0.15, 0.2) is 0 Å². The first-order valence-corrected chi connectivity index (χ1v) is 18.0. The van der Waals surface area contributed by atoms with E-state index in [9.17, 15) is 14.4 Å². The maximum Gasteiger partial charge on any atom is 0.333 e. The number of rotatable bonds is 33. The Morgan fingerprint density at radius 1 is 0.400 bits per heavy atom. The van der Waals surface area contributed by atoms with Gasteiger partial charge in [0.1, 0.15) is 56.9 Å². The van der Waals surface area contributed by atoms with E-state index in [4.69, 9.17) is 56.8 Å². The summed E-state index contributed by atoms with van der Waals surface area (Å²) in [7, 11) is 0. The van der Waals surface area contributed by atoms with Gasteiger partial charge in [0.2, 0.25) is 0 Å². The average molecular weight is 777 g/mol. The SMILES string of the molecule is C=C(C)C(=O)OCCOCCOCCOc1ccc2c(OCCOCCOCCOC(=O)C(=C)C)ccc(OCCOCCOCCOC(=O)C(=C)C)c2c1. The Balaban J connectivity index is 1.81. The zero-order valence-corrected chi connectivity index (χ0v) is 32.4. The quantitative estimate of drug-likeness (QED) is 0.0433. The highest BCUT2D eigenvalue weighted by atomic mass is 16.6. The van der Waals surface area contributed by atoms with Gasteiger partial charge in [0, 0.05) is 27.5 Å². The van der Waals surface area contributed by atoms with Crippen LogP contribution < -0.4 is 14.2 Å². The van der Waals surface area contributed by atoms with Crippen LogP contribution in [0.5, 0.6) is 17.2 Å². The van der Waals surface area contributed by atoms with Gasteiger partial charge in [-0.05, 0) is 51.1 Å². The third kappa shape index (κ3) is 21.2. The van der Waals surface area contributed by atoms with Crippen molar-refractivity contribution in [2.75, 3.05) is 119 Å². The molecule has 0 saturated heterocycles. The molecule has 0 spiro atoms. The molecule has 0 aliphatic heterocycles. The molecule has 0 fully saturated rings. The lowest BCUT2D eigenvalue weighted by molar-refractivity contribution is -0.141. The summed E-state index contributed by atoms with van der Waals surface area (Å²) in [5, 5.41) is 1.60. The van der Waals surface area contributed by atoms with Crippen LogP contribution in [0.3, 0.4) is 0 Å². The van der Waals surface area contributed by atoms with E-state index in [0.717, 1.165) is 10.8 Å². The standard InChI is InChI=1S/C40H56O15/c1-30(2)38(41)53-26-20-47-14-11-44-17-23-50-33-7-8-34-35(29-33)37(52-25-19-46-13-16-49-22-28-55-40(43)32(5)6)10-9-36(34)51-24-18-45-12-15-48-21-27-54-39(42)31(3)4/h7-10,29H,1,3,5,11-28H2,2,4,6H3. The summed E-state index contributed by atoms with van der Waals surface area (Å²) in [5.41, 5.74) is 1.02. The number of esters is 3. The summed E-state index contributed by atoms with van der Waals surface area (Å²) in [6, 6.07) is 9.29. The van der Waals surface area contributed by atoms with Gasteiger partial charge in [-0.2, -0.15) is 0 Å². The third-order valence-corrected chi connectivity index (χ3v) is 6.92. The van der Waals surface area contributed by atoms with Crippen molar-refractivity contribution in [3.8, 4) is 17.2 Å². The predicted octanol–water partition coefficient (Wildman–Crippen LogP) is 4.43. The lowest BCUT2D eigenvalue weighted by Gasteiger charge is -2.15. The molecule has 0 aromatic heterocycles. The molecule has 15 nitrogen and oxygen atoms in total. The second-order valence-corrected chi connectivity index (χ2v) is 11.7.